The fourth-order valence-electron chi connectivity index (χ4n) is 0.342. The zero-order valence-electron chi connectivity index (χ0n) is 4.64. The van der Waals surface area contributed by atoms with Gasteiger partial charge in [0, 0.05) is 0 Å². The Morgan fingerprint density at radius 2 is 1.38 bits per heavy atom. The Labute approximate surface area is 48.2 Å². The van der Waals surface area contributed by atoms with E-state index < -0.39 is 0 Å². The van der Waals surface area contributed by atoms with Crippen molar-refractivity contribution < 1.29 is 0 Å². The van der Waals surface area contributed by atoms with E-state index in [4.69, 9.17) is 0 Å². The molecule has 0 aliphatic heterocycles. The molecule has 0 N–H and O–H groups in total. The predicted octanol–water partition coefficient (Wildman–Crippen LogP) is 0.303. The van der Waals surface area contributed by atoms with E-state index in [9.17, 15) is 0 Å². The van der Waals surface area contributed by atoms with Crippen molar-refractivity contribution in [2.45, 2.75) is 0 Å². The van der Waals surface area contributed by atoms with Gasteiger partial charge in [0.1, 0.15) is 0 Å². The second kappa shape index (κ2) is 5.44. The summed E-state index contributed by atoms with van der Waals surface area (Å²) in [5.41, 5.74) is 0. The molecule has 0 unspecified atom stereocenters. The van der Waals surface area contributed by atoms with E-state index >= 15 is 0 Å². The first-order chi connectivity index (χ1) is 3.00. The van der Waals surface area contributed by atoms with Crippen LogP contribution in [-0.2, 0) is 0 Å². The number of hydrogen-bond donors (Lipinski definition) is 0. The van der Waals surface area contributed by atoms with E-state index in [0.29, 0.717) is 0 Å². The molecule has 0 aliphatic carbocycles. The van der Waals surface area contributed by atoms with Crippen LogP contribution in [0.4, 0.5) is 0 Å². The minimum atomic E-state index is 0. The summed E-state index contributed by atoms with van der Waals surface area (Å²) < 4.78 is 0. The summed E-state index contributed by atoms with van der Waals surface area (Å²) in [6.07, 6.45) is 0. The van der Waals surface area contributed by atoms with Crippen molar-refractivity contribution in [3.8, 4) is 0 Å². The summed E-state index contributed by atoms with van der Waals surface area (Å²) in [7, 11) is 0. The van der Waals surface area contributed by atoms with E-state index in [1.54, 1.807) is 0 Å². The quantitative estimate of drug-likeness (QED) is 0.456. The van der Waals surface area contributed by atoms with Gasteiger partial charge in [0.05, 0.1) is 0 Å². The fraction of sp³-hybridized carbons (Fsp3) is 0. The monoisotopic (exact) mass is 370 g/mol. The average molecular weight is 370 g/mol. The van der Waals surface area contributed by atoms with Gasteiger partial charge in [-0.15, -0.1) is 0 Å². The van der Waals surface area contributed by atoms with Crippen LogP contribution in [0.15, 0.2) is 30.3 Å². The third-order valence-corrected chi connectivity index (χ3v) is 0.607. The Morgan fingerprint density at radius 3 is 1.50 bits per heavy atom. The molecule has 0 heterocycles. The van der Waals surface area contributed by atoms with E-state index in [0.717, 1.165) is 0 Å². The predicted molar refractivity (Wildman–Crippen MR) is 35.2 cm³/mol. The Bertz CT molecular complexity index is 80.5. The van der Waals surface area contributed by atoms with Gasteiger partial charge in [-0.05, 0) is 11.0 Å². The summed E-state index contributed by atoms with van der Waals surface area (Å²) in [6, 6.07) is 12.5. The molecule has 1 rings (SSSR count). The molecular formula is C6H8LrSi-. The van der Waals surface area contributed by atoms with Crippen molar-refractivity contribution in [2.75, 3.05) is 0 Å². The second-order valence-electron chi connectivity index (χ2n) is 1.08. The molecule has 0 bridgehead atoms. The molecular weight excluding hydrogens is 362 g/mol. The SMILES string of the molecule is [Lr].[SiH3].[c-]1ccccc1. The van der Waals surface area contributed by atoms with E-state index in [-0.39, 0.29) is 11.0 Å². The van der Waals surface area contributed by atoms with Gasteiger partial charge in [0.25, 0.3) is 0 Å². The summed E-state index contributed by atoms with van der Waals surface area (Å²) in [4.78, 5) is 0. The largest absolute Gasteiger partial charge is 0.184 e. The van der Waals surface area contributed by atoms with Crippen LogP contribution in [0.25, 0.3) is 0 Å². The molecule has 0 aromatic heterocycles. The van der Waals surface area contributed by atoms with Gasteiger partial charge in [-0.25, -0.2) is 0 Å². The van der Waals surface area contributed by atoms with Crippen LogP contribution in [0.5, 0.6) is 0 Å². The smallest absolute Gasteiger partial charge is 0 e. The number of hydrogen-bond acceptors (Lipinski definition) is 0. The van der Waals surface area contributed by atoms with Crippen molar-refractivity contribution in [1.29, 1.82) is 0 Å². The van der Waals surface area contributed by atoms with E-state index in [2.05, 4.69) is 6.07 Å². The van der Waals surface area contributed by atoms with Gasteiger partial charge in [0.15, 0.2) is 0 Å². The van der Waals surface area contributed by atoms with Gasteiger partial charge in [0.2, 0.25) is 0 Å². The van der Waals surface area contributed by atoms with Crippen LogP contribution < -0.4 is 0 Å². The maximum Gasteiger partial charge on any atom is 0 e. The summed E-state index contributed by atoms with van der Waals surface area (Å²) in [6.45, 7) is 0. The normalized spacial score (nSPS) is 6.00. The van der Waals surface area contributed by atoms with Crippen molar-refractivity contribution in [3.63, 3.8) is 0 Å². The molecule has 0 fully saturated rings. The Morgan fingerprint density at radius 1 is 0.875 bits per heavy atom. The third-order valence-electron chi connectivity index (χ3n) is 0.607. The number of benzene rings is 1. The zero-order chi connectivity index (χ0) is 4.24. The van der Waals surface area contributed by atoms with Crippen LogP contribution >= 0.6 is 0 Å². The molecule has 0 aliphatic rings. The molecule has 1 aromatic carbocycles. The molecule has 0 atom stereocenters. The first kappa shape index (κ1) is 9.67. The van der Waals surface area contributed by atoms with Gasteiger partial charge in [-0.1, -0.05) is 0 Å². The average Bonchev–Trinajstić information content (AvgIpc) is 1.72. The topological polar surface area (TPSA) is 0 Å². The summed E-state index contributed by atoms with van der Waals surface area (Å²) >= 11 is 0. The maximum atomic E-state index is 2.89. The molecule has 8 heavy (non-hydrogen) atoms. The van der Waals surface area contributed by atoms with Crippen LogP contribution in [0.3, 0.4) is 0 Å². The zero-order valence-corrected chi connectivity index (χ0v) is 8.80. The van der Waals surface area contributed by atoms with Crippen LogP contribution in [0.1, 0.15) is 0 Å². The Kier molecular flexibility index (Phi) is 6.57. The molecule has 0 saturated carbocycles. The van der Waals surface area contributed by atoms with Crippen LogP contribution in [-0.4, -0.2) is 11.0 Å². The van der Waals surface area contributed by atoms with Crippen molar-refractivity contribution >= 4 is 11.0 Å². The molecule has 1 aromatic rings. The third kappa shape index (κ3) is 2.66. The van der Waals surface area contributed by atoms with Gasteiger partial charge in [-0.2, -0.15) is 36.4 Å². The Balaban J connectivity index is 0. The summed E-state index contributed by atoms with van der Waals surface area (Å²) in [5.74, 6) is 0. The van der Waals surface area contributed by atoms with Crippen LogP contribution in [0.2, 0.25) is 0 Å². The molecule has 0 nitrogen and oxygen atoms in total. The van der Waals surface area contributed by atoms with Gasteiger partial charge >= 0.3 is 0 Å². The van der Waals surface area contributed by atoms with Crippen molar-refractivity contribution in [2.24, 2.45) is 0 Å². The fourth-order valence-corrected chi connectivity index (χ4v) is 0.342. The van der Waals surface area contributed by atoms with Crippen molar-refractivity contribution in [3.05, 3.63) is 36.4 Å². The molecule has 52 valence electrons. The molecule has 0 amide bonds. The first-order valence-corrected chi connectivity index (χ1v) is 1.91. The second-order valence-corrected chi connectivity index (χ2v) is 1.08. The van der Waals surface area contributed by atoms with E-state index in [1.807, 2.05) is 30.3 Å². The molecule has 2 radical (unpaired) electrons. The van der Waals surface area contributed by atoms with Gasteiger partial charge < -0.3 is 0 Å². The van der Waals surface area contributed by atoms with Gasteiger partial charge in [-0.3, -0.25) is 0 Å². The molecule has 2 heteroatoms. The van der Waals surface area contributed by atoms with E-state index in [1.165, 1.54) is 0 Å². The first-order valence-electron chi connectivity index (χ1n) is 1.91. The van der Waals surface area contributed by atoms with Crippen LogP contribution in [0, 0.1) is 6.07 Å². The summed E-state index contributed by atoms with van der Waals surface area (Å²) in [5, 5.41) is 0. The standard InChI is InChI=1S/C6H5.Lr.H3Si/c1-2-4-6-5-3-1;;/h1-5H;;1H3/q-1;;. The minimum Gasteiger partial charge on any atom is -0.184 e. The van der Waals surface area contributed by atoms with Crippen molar-refractivity contribution in [1.82, 2.24) is 0 Å². The molecule has 0 spiro atoms. The Hall–Kier alpha value is -1.56. The maximum absolute atomic E-state index is 2.89. The molecule has 0 saturated heterocycles. The minimum absolute atomic E-state index is 0. The number of rotatable bonds is 0.